The van der Waals surface area contributed by atoms with Gasteiger partial charge in [-0.15, -0.1) is 0 Å². The Morgan fingerprint density at radius 2 is 1.93 bits per heavy atom. The number of methoxy groups -OCH3 is 1. The van der Waals surface area contributed by atoms with E-state index in [0.717, 1.165) is 5.56 Å². The Labute approximate surface area is 234 Å². The summed E-state index contributed by atoms with van der Waals surface area (Å²) >= 11 is 0. The fraction of sp³-hybridized carbons (Fsp3) is 0.429. The van der Waals surface area contributed by atoms with Gasteiger partial charge in [0.2, 0.25) is 0 Å². The minimum absolute atomic E-state index is 0.0542. The highest BCUT2D eigenvalue weighted by Crippen LogP contribution is 2.28. The van der Waals surface area contributed by atoms with E-state index in [9.17, 15) is 17.6 Å². The fourth-order valence-corrected chi connectivity index (χ4v) is 5.77. The lowest BCUT2D eigenvalue weighted by atomic mass is 10.0. The van der Waals surface area contributed by atoms with Crippen molar-refractivity contribution in [1.82, 2.24) is 19.4 Å². The number of rotatable bonds is 6. The van der Waals surface area contributed by atoms with Gasteiger partial charge in [0.05, 0.1) is 23.7 Å². The number of fused-ring (bicyclic) bond motifs is 1. The van der Waals surface area contributed by atoms with Crippen LogP contribution in [0.5, 0.6) is 5.75 Å². The number of nitrogens with one attached hydrogen (secondary N) is 1. The number of benzene rings is 2. The molecular weight excluding hydrogens is 537 g/mol. The molecule has 1 aliphatic heterocycles. The standard InChI is InChI=1S/C28H36FN5O5S/c1-19-13-34(14-21-7-6-8-22(29)11-21)20(2)17-39-25-12-23(31-40(36,37)27-16-32(3)18-30-27)9-10-24(25)28(35)33(4)15-26(19)38-5/h6-12,16,18-20,26,31H,13-15,17H2,1-5H3/t19-,20+,26-/m0/s1. The molecule has 0 bridgehead atoms. The van der Waals surface area contributed by atoms with Gasteiger partial charge in [-0.3, -0.25) is 14.4 Å². The molecule has 1 aliphatic rings. The smallest absolute Gasteiger partial charge is 0.280 e. The Kier molecular flexibility index (Phi) is 9.12. The molecule has 40 heavy (non-hydrogen) atoms. The van der Waals surface area contributed by atoms with Crippen molar-refractivity contribution in [3.05, 3.63) is 71.9 Å². The van der Waals surface area contributed by atoms with Crippen molar-refractivity contribution in [3.8, 4) is 5.75 Å². The number of hydrogen-bond acceptors (Lipinski definition) is 7. The summed E-state index contributed by atoms with van der Waals surface area (Å²) in [4.78, 5) is 21.1. The van der Waals surface area contributed by atoms with Crippen LogP contribution in [0.25, 0.3) is 0 Å². The van der Waals surface area contributed by atoms with Crippen LogP contribution in [0, 0.1) is 11.7 Å². The molecule has 1 N–H and O–H groups in total. The van der Waals surface area contributed by atoms with E-state index in [4.69, 9.17) is 9.47 Å². The van der Waals surface area contributed by atoms with Crippen molar-refractivity contribution in [1.29, 1.82) is 0 Å². The molecule has 4 rings (SSSR count). The van der Waals surface area contributed by atoms with E-state index in [1.807, 2.05) is 13.0 Å². The monoisotopic (exact) mass is 573 g/mol. The highest BCUT2D eigenvalue weighted by molar-refractivity contribution is 7.92. The molecule has 0 saturated carbocycles. The van der Waals surface area contributed by atoms with Gasteiger partial charge in [-0.2, -0.15) is 8.42 Å². The van der Waals surface area contributed by atoms with Gasteiger partial charge < -0.3 is 18.9 Å². The third-order valence-corrected chi connectivity index (χ3v) is 8.33. The van der Waals surface area contributed by atoms with Crippen LogP contribution < -0.4 is 9.46 Å². The molecule has 1 aromatic heterocycles. The lowest BCUT2D eigenvalue weighted by Crippen LogP contribution is -2.46. The van der Waals surface area contributed by atoms with Crippen LogP contribution in [0.4, 0.5) is 10.1 Å². The van der Waals surface area contributed by atoms with Crippen LogP contribution in [0.15, 0.2) is 60.0 Å². The van der Waals surface area contributed by atoms with Gasteiger partial charge in [0.25, 0.3) is 15.9 Å². The van der Waals surface area contributed by atoms with E-state index in [2.05, 4.69) is 21.5 Å². The third kappa shape index (κ3) is 6.98. The molecule has 0 unspecified atom stereocenters. The first kappa shape index (κ1) is 29.5. The Balaban J connectivity index is 1.66. The predicted molar refractivity (Wildman–Crippen MR) is 149 cm³/mol. The second kappa shape index (κ2) is 12.4. The highest BCUT2D eigenvalue weighted by Gasteiger charge is 2.29. The number of imidazole rings is 1. The minimum Gasteiger partial charge on any atom is -0.491 e. The van der Waals surface area contributed by atoms with Gasteiger partial charge in [0.15, 0.2) is 5.03 Å². The van der Waals surface area contributed by atoms with Crippen molar-refractivity contribution in [2.75, 3.05) is 38.6 Å². The summed E-state index contributed by atoms with van der Waals surface area (Å²) in [6, 6.07) is 11.0. The van der Waals surface area contributed by atoms with Crippen LogP contribution in [0.3, 0.4) is 0 Å². The number of carbonyl (C=O) groups is 1. The van der Waals surface area contributed by atoms with E-state index in [1.54, 1.807) is 38.2 Å². The zero-order valence-electron chi connectivity index (χ0n) is 23.4. The van der Waals surface area contributed by atoms with Gasteiger partial charge in [0, 0.05) is 59.1 Å². The average molecular weight is 574 g/mol. The zero-order chi connectivity index (χ0) is 29.0. The van der Waals surface area contributed by atoms with Crippen molar-refractivity contribution in [3.63, 3.8) is 0 Å². The Morgan fingerprint density at radius 1 is 1.15 bits per heavy atom. The van der Waals surface area contributed by atoms with Crippen LogP contribution in [-0.2, 0) is 28.4 Å². The first-order valence-corrected chi connectivity index (χ1v) is 14.5. The number of carbonyl (C=O) groups excluding carboxylic acids is 1. The van der Waals surface area contributed by atoms with E-state index < -0.39 is 10.0 Å². The van der Waals surface area contributed by atoms with E-state index in [-0.39, 0.29) is 52.9 Å². The molecule has 3 atom stereocenters. The molecule has 0 radical (unpaired) electrons. The third-order valence-electron chi connectivity index (χ3n) is 7.06. The summed E-state index contributed by atoms with van der Waals surface area (Å²) in [5, 5.41) is -0.124. The molecule has 3 aromatic rings. The summed E-state index contributed by atoms with van der Waals surface area (Å²) < 4.78 is 55.7. The number of anilines is 1. The molecule has 2 aromatic carbocycles. The molecule has 1 amide bonds. The van der Waals surface area contributed by atoms with E-state index in [1.165, 1.54) is 41.4 Å². The molecule has 10 nitrogen and oxygen atoms in total. The number of amides is 1. The van der Waals surface area contributed by atoms with Crippen LogP contribution >= 0.6 is 0 Å². The Morgan fingerprint density at radius 3 is 2.60 bits per heavy atom. The molecular formula is C28H36FN5O5S. The quantitative estimate of drug-likeness (QED) is 0.482. The van der Waals surface area contributed by atoms with Gasteiger partial charge in [0.1, 0.15) is 18.2 Å². The number of aryl methyl sites for hydroxylation is 1. The number of hydrogen-bond donors (Lipinski definition) is 1. The second-order valence-electron chi connectivity index (χ2n) is 10.4. The number of nitrogens with zero attached hydrogens (tertiary/aromatic N) is 4. The fourth-order valence-electron chi connectivity index (χ4n) is 4.74. The van der Waals surface area contributed by atoms with Gasteiger partial charge >= 0.3 is 0 Å². The highest BCUT2D eigenvalue weighted by atomic mass is 32.2. The average Bonchev–Trinajstić information content (AvgIpc) is 3.36. The second-order valence-corrected chi connectivity index (χ2v) is 12.0. The minimum atomic E-state index is -3.95. The Bertz CT molecular complexity index is 1450. The predicted octanol–water partition coefficient (Wildman–Crippen LogP) is 3.37. The number of halogens is 1. The van der Waals surface area contributed by atoms with E-state index >= 15 is 0 Å². The van der Waals surface area contributed by atoms with Gasteiger partial charge in [-0.05, 0) is 42.7 Å². The summed E-state index contributed by atoms with van der Waals surface area (Å²) in [6.45, 7) is 5.73. The topological polar surface area (TPSA) is 106 Å². The van der Waals surface area contributed by atoms with Crippen molar-refractivity contribution in [2.45, 2.75) is 37.6 Å². The van der Waals surface area contributed by atoms with E-state index in [0.29, 0.717) is 25.2 Å². The summed E-state index contributed by atoms with van der Waals surface area (Å²) in [5.74, 6) is -0.265. The largest absolute Gasteiger partial charge is 0.491 e. The normalized spacial score (nSPS) is 21.2. The summed E-state index contributed by atoms with van der Waals surface area (Å²) in [7, 11) is 1.06. The first-order valence-electron chi connectivity index (χ1n) is 13.0. The van der Waals surface area contributed by atoms with Crippen LogP contribution in [0.2, 0.25) is 0 Å². The lowest BCUT2D eigenvalue weighted by Gasteiger charge is -2.36. The molecule has 216 valence electrons. The van der Waals surface area contributed by atoms with Gasteiger partial charge in [-0.1, -0.05) is 19.1 Å². The maximum absolute atomic E-state index is 13.9. The molecule has 2 heterocycles. The van der Waals surface area contributed by atoms with Crippen LogP contribution in [0.1, 0.15) is 29.8 Å². The number of ether oxygens (including phenoxy) is 2. The summed E-state index contributed by atoms with van der Waals surface area (Å²) in [6.07, 6.45) is 2.55. The lowest BCUT2D eigenvalue weighted by molar-refractivity contribution is 0.00920. The van der Waals surface area contributed by atoms with Crippen LogP contribution in [-0.4, -0.2) is 79.7 Å². The zero-order valence-corrected chi connectivity index (χ0v) is 24.2. The summed E-state index contributed by atoms with van der Waals surface area (Å²) in [5.41, 5.74) is 1.37. The van der Waals surface area contributed by atoms with Crippen molar-refractivity contribution in [2.24, 2.45) is 13.0 Å². The maximum atomic E-state index is 13.9. The number of sulfonamides is 1. The molecule has 0 saturated heterocycles. The first-order chi connectivity index (χ1) is 19.0. The SMILES string of the molecule is CO[C@H]1CN(C)C(=O)c2ccc(NS(=O)(=O)c3cn(C)cn3)cc2OC[C@@H](C)N(Cc2cccc(F)c2)C[C@@H]1C. The number of aromatic nitrogens is 2. The number of likely N-dealkylation sites (N-methyl/N-ethyl adjacent to an activating group) is 1. The molecule has 0 spiro atoms. The molecule has 12 heteroatoms. The molecule has 0 aliphatic carbocycles. The van der Waals surface area contributed by atoms with Crippen molar-refractivity contribution >= 4 is 21.6 Å². The maximum Gasteiger partial charge on any atom is 0.280 e. The van der Waals surface area contributed by atoms with Crippen molar-refractivity contribution < 1.29 is 27.1 Å². The molecule has 0 fully saturated rings. The van der Waals surface area contributed by atoms with Gasteiger partial charge in [-0.25, -0.2) is 9.37 Å². The Hall–Kier alpha value is -3.48.